The molecule has 0 aliphatic heterocycles. The quantitative estimate of drug-likeness (QED) is 0.554. The number of hydrazone groups is 1. The van der Waals surface area contributed by atoms with Gasteiger partial charge in [-0.25, -0.2) is 10.4 Å². The Labute approximate surface area is 135 Å². The van der Waals surface area contributed by atoms with E-state index in [9.17, 15) is 4.79 Å². The molecular weight excluding hydrogens is 314 g/mol. The van der Waals surface area contributed by atoms with E-state index in [1.807, 2.05) is 24.3 Å². The van der Waals surface area contributed by atoms with E-state index in [-0.39, 0.29) is 6.42 Å². The molecule has 0 bridgehead atoms. The molecule has 1 amide bonds. The first-order valence-electron chi connectivity index (χ1n) is 6.66. The lowest BCUT2D eigenvalue weighted by Crippen LogP contribution is -2.15. The van der Waals surface area contributed by atoms with Crippen molar-refractivity contribution < 1.29 is 9.21 Å². The van der Waals surface area contributed by atoms with Crippen LogP contribution in [0.4, 0.5) is 0 Å². The molecule has 0 spiro atoms. The number of imidazole rings is 1. The van der Waals surface area contributed by atoms with Crippen LogP contribution in [0.1, 0.15) is 12.2 Å². The highest BCUT2D eigenvalue weighted by Crippen LogP contribution is 2.28. The van der Waals surface area contributed by atoms with Crippen molar-refractivity contribution in [2.75, 3.05) is 0 Å². The zero-order valence-corrected chi connectivity index (χ0v) is 12.6. The van der Waals surface area contributed by atoms with Crippen molar-refractivity contribution in [1.82, 2.24) is 15.4 Å². The molecule has 0 saturated carbocycles. The van der Waals surface area contributed by atoms with Crippen LogP contribution < -0.4 is 5.43 Å². The van der Waals surface area contributed by atoms with Crippen molar-refractivity contribution in [3.05, 3.63) is 42.2 Å². The Morgan fingerprint density at radius 3 is 3.13 bits per heavy atom. The Bertz CT molecular complexity index is 873. The van der Waals surface area contributed by atoms with Gasteiger partial charge in [0.1, 0.15) is 12.2 Å². The normalized spacial score (nSPS) is 10.9. The van der Waals surface area contributed by atoms with E-state index in [2.05, 4.69) is 20.5 Å². The zero-order chi connectivity index (χ0) is 16.1. The second-order valence-electron chi connectivity index (χ2n) is 4.45. The summed E-state index contributed by atoms with van der Waals surface area (Å²) >= 11 is 1.36. The third-order valence-electron chi connectivity index (χ3n) is 2.79. The molecule has 23 heavy (non-hydrogen) atoms. The number of aromatic nitrogens is 2. The van der Waals surface area contributed by atoms with Crippen LogP contribution in [0.15, 0.2) is 56.2 Å². The summed E-state index contributed by atoms with van der Waals surface area (Å²) in [5.74, 6) is 0.0213. The second kappa shape index (κ2) is 6.81. The molecule has 2 aromatic heterocycles. The molecule has 8 heteroatoms. The van der Waals surface area contributed by atoms with Crippen LogP contribution in [-0.4, -0.2) is 22.1 Å². The van der Waals surface area contributed by atoms with Crippen molar-refractivity contribution in [2.45, 2.75) is 16.7 Å². The smallest absolute Gasteiger partial charge is 0.254 e. The van der Waals surface area contributed by atoms with Crippen molar-refractivity contribution in [1.29, 1.82) is 5.26 Å². The molecule has 7 nitrogen and oxygen atoms in total. The summed E-state index contributed by atoms with van der Waals surface area (Å²) < 4.78 is 5.56. The van der Waals surface area contributed by atoms with Gasteiger partial charge in [-0.2, -0.15) is 10.4 Å². The van der Waals surface area contributed by atoms with E-state index in [0.717, 1.165) is 16.2 Å². The van der Waals surface area contributed by atoms with Crippen LogP contribution in [0, 0.1) is 11.3 Å². The Morgan fingerprint density at radius 1 is 1.43 bits per heavy atom. The minimum Gasteiger partial charge on any atom is -0.448 e. The monoisotopic (exact) mass is 325 g/mol. The molecule has 0 aliphatic rings. The highest BCUT2D eigenvalue weighted by molar-refractivity contribution is 7.99. The third kappa shape index (κ3) is 3.78. The molecule has 3 aromatic rings. The number of furan rings is 1. The highest BCUT2D eigenvalue weighted by Gasteiger charge is 2.07. The molecule has 1 aromatic carbocycles. The molecule has 3 rings (SSSR count). The van der Waals surface area contributed by atoms with E-state index in [1.165, 1.54) is 18.0 Å². The van der Waals surface area contributed by atoms with Gasteiger partial charge in [-0.05, 0) is 36.0 Å². The first kappa shape index (κ1) is 14.9. The van der Waals surface area contributed by atoms with Crippen molar-refractivity contribution in [3.63, 3.8) is 0 Å². The van der Waals surface area contributed by atoms with E-state index in [4.69, 9.17) is 9.68 Å². The lowest BCUT2D eigenvalue weighted by Gasteiger charge is -1.92. The third-order valence-corrected chi connectivity index (χ3v) is 3.59. The number of carbonyl (C=O) groups excluding carboxylic acids is 1. The van der Waals surface area contributed by atoms with E-state index in [0.29, 0.717) is 10.9 Å². The molecule has 114 valence electrons. The number of hydrogen-bond donors (Lipinski definition) is 2. The topological polar surface area (TPSA) is 107 Å². The average molecular weight is 325 g/mol. The standard InChI is InChI=1S/C15H11N5O2S/c16-8-7-13(21)20-17-9-10-5-6-14(22-10)23-15-18-11-3-1-2-4-12(11)19-15/h1-6,9H,7H2,(H,18,19)(H,20,21)/b17-9-. The van der Waals surface area contributed by atoms with Crippen LogP contribution in [0.5, 0.6) is 0 Å². The number of rotatable bonds is 5. The Balaban J connectivity index is 1.64. The van der Waals surface area contributed by atoms with Gasteiger partial charge in [-0.1, -0.05) is 12.1 Å². The van der Waals surface area contributed by atoms with Crippen molar-refractivity contribution in [2.24, 2.45) is 5.10 Å². The number of benzene rings is 1. The lowest BCUT2D eigenvalue weighted by atomic mass is 10.3. The minimum absolute atomic E-state index is 0.233. The number of fused-ring (bicyclic) bond motifs is 1. The van der Waals surface area contributed by atoms with Crippen LogP contribution in [0.2, 0.25) is 0 Å². The Kier molecular flexibility index (Phi) is 4.40. The first-order valence-corrected chi connectivity index (χ1v) is 7.47. The maximum Gasteiger partial charge on any atom is 0.254 e. The number of nitrogens with one attached hydrogen (secondary N) is 2. The summed E-state index contributed by atoms with van der Waals surface area (Å²) in [6.45, 7) is 0. The molecule has 0 saturated heterocycles. The van der Waals surface area contributed by atoms with Crippen LogP contribution in [0.3, 0.4) is 0 Å². The van der Waals surface area contributed by atoms with Gasteiger partial charge in [0.05, 0.1) is 23.3 Å². The summed E-state index contributed by atoms with van der Waals surface area (Å²) in [7, 11) is 0. The fourth-order valence-electron chi connectivity index (χ4n) is 1.81. The van der Waals surface area contributed by atoms with Gasteiger partial charge in [0.15, 0.2) is 10.2 Å². The largest absolute Gasteiger partial charge is 0.448 e. The van der Waals surface area contributed by atoms with Gasteiger partial charge in [0, 0.05) is 0 Å². The predicted octanol–water partition coefficient (Wildman–Crippen LogP) is 2.67. The molecule has 0 fully saturated rings. The molecule has 2 heterocycles. The fraction of sp³-hybridized carbons (Fsp3) is 0.0667. The van der Waals surface area contributed by atoms with Gasteiger partial charge in [0.25, 0.3) is 5.91 Å². The minimum atomic E-state index is -0.466. The maximum absolute atomic E-state index is 11.1. The average Bonchev–Trinajstić information content (AvgIpc) is 3.14. The summed E-state index contributed by atoms with van der Waals surface area (Å²) in [5, 5.41) is 13.4. The summed E-state index contributed by atoms with van der Waals surface area (Å²) in [6.07, 6.45) is 1.14. The Morgan fingerprint density at radius 2 is 2.30 bits per heavy atom. The number of aromatic amines is 1. The number of hydrogen-bond acceptors (Lipinski definition) is 6. The number of carbonyl (C=O) groups is 1. The van der Waals surface area contributed by atoms with Crippen LogP contribution in [-0.2, 0) is 4.79 Å². The van der Waals surface area contributed by atoms with Crippen molar-refractivity contribution in [3.8, 4) is 6.07 Å². The van der Waals surface area contributed by atoms with Crippen molar-refractivity contribution >= 4 is 34.9 Å². The molecule has 0 aliphatic carbocycles. The summed E-state index contributed by atoms with van der Waals surface area (Å²) in [5.41, 5.74) is 4.09. The fourth-order valence-corrected chi connectivity index (χ4v) is 2.58. The number of amides is 1. The molecular formula is C15H11N5O2S. The first-order chi connectivity index (χ1) is 11.2. The predicted molar refractivity (Wildman–Crippen MR) is 84.9 cm³/mol. The number of H-pyrrole nitrogens is 1. The van der Waals surface area contributed by atoms with E-state index < -0.39 is 5.91 Å². The Hall–Kier alpha value is -3.05. The summed E-state index contributed by atoms with van der Waals surface area (Å²) in [4.78, 5) is 18.7. The van der Waals surface area contributed by atoms with E-state index >= 15 is 0 Å². The SMILES string of the molecule is N#CCC(=O)N/N=C\c1ccc(Sc2nc3ccccc3[nH]2)o1. The molecule has 0 radical (unpaired) electrons. The zero-order valence-electron chi connectivity index (χ0n) is 11.8. The molecule has 0 unspecified atom stereocenters. The van der Waals surface area contributed by atoms with Gasteiger partial charge in [-0.3, -0.25) is 4.79 Å². The van der Waals surface area contributed by atoms with Gasteiger partial charge in [-0.15, -0.1) is 0 Å². The van der Waals surface area contributed by atoms with Crippen LogP contribution in [0.25, 0.3) is 11.0 Å². The number of nitrogens with zero attached hydrogens (tertiary/aromatic N) is 3. The lowest BCUT2D eigenvalue weighted by molar-refractivity contribution is -0.120. The molecule has 0 atom stereocenters. The number of nitriles is 1. The summed E-state index contributed by atoms with van der Waals surface area (Å²) in [6, 6.07) is 13.0. The molecule has 2 N–H and O–H groups in total. The van der Waals surface area contributed by atoms with Gasteiger partial charge >= 0.3 is 0 Å². The highest BCUT2D eigenvalue weighted by atomic mass is 32.2. The maximum atomic E-state index is 11.1. The second-order valence-corrected chi connectivity index (χ2v) is 5.44. The van der Waals surface area contributed by atoms with Gasteiger partial charge < -0.3 is 9.40 Å². The van der Waals surface area contributed by atoms with E-state index in [1.54, 1.807) is 18.2 Å². The van der Waals surface area contributed by atoms with Crippen LogP contribution >= 0.6 is 11.8 Å². The van der Waals surface area contributed by atoms with Gasteiger partial charge in [0.2, 0.25) is 0 Å². The number of para-hydroxylation sites is 2.